The summed E-state index contributed by atoms with van der Waals surface area (Å²) in [5, 5.41) is 12.5. The van der Waals surface area contributed by atoms with Gasteiger partial charge in [0.1, 0.15) is 0 Å². The molecule has 2 aromatic carbocycles. The molecular formula is C14H12N2O3. The number of para-hydroxylation sites is 2. The highest BCUT2D eigenvalue weighted by Gasteiger charge is 2.25. The third kappa shape index (κ3) is 2.09. The summed E-state index contributed by atoms with van der Waals surface area (Å²) < 4.78 is 5.57. The topological polar surface area (TPSA) is 55.6 Å². The molecule has 0 aliphatic carbocycles. The fourth-order valence-electron chi connectivity index (χ4n) is 2.11. The van der Waals surface area contributed by atoms with Crippen LogP contribution in [0.2, 0.25) is 0 Å². The predicted octanol–water partition coefficient (Wildman–Crippen LogP) is 3.05. The highest BCUT2D eigenvalue weighted by atomic mass is 16.6. The van der Waals surface area contributed by atoms with Gasteiger partial charge in [-0.05, 0) is 12.1 Å². The molecule has 1 aliphatic rings. The zero-order chi connectivity index (χ0) is 13.2. The van der Waals surface area contributed by atoms with Crippen LogP contribution in [0.4, 0.5) is 11.4 Å². The Bertz CT molecular complexity index is 628. The minimum atomic E-state index is 0.303. The lowest BCUT2D eigenvalue weighted by molar-refractivity contribution is -0.469. The molecule has 1 heterocycles. The van der Waals surface area contributed by atoms with Gasteiger partial charge in [-0.15, -0.1) is 0 Å². The summed E-state index contributed by atoms with van der Waals surface area (Å²) in [7, 11) is 0. The van der Waals surface area contributed by atoms with E-state index in [4.69, 9.17) is 4.74 Å². The van der Waals surface area contributed by atoms with E-state index >= 15 is 0 Å². The number of hydrogen-bond donors (Lipinski definition) is 0. The van der Waals surface area contributed by atoms with Gasteiger partial charge in [-0.2, -0.15) is 5.17 Å². The zero-order valence-corrected chi connectivity index (χ0v) is 10.2. The fraction of sp³-hybridized carbons (Fsp3) is 0.143. The molecular weight excluding hydrogens is 244 g/mol. The lowest BCUT2D eigenvalue weighted by atomic mass is 10.2. The number of nitroso groups, excluding NO2 is 1. The minimum Gasteiger partial charge on any atom is -0.699 e. The van der Waals surface area contributed by atoms with Crippen molar-refractivity contribution in [2.75, 3.05) is 5.17 Å². The molecule has 5 nitrogen and oxygen atoms in total. The van der Waals surface area contributed by atoms with Crippen LogP contribution >= 0.6 is 0 Å². The molecule has 0 saturated heterocycles. The average Bonchev–Trinajstić information content (AvgIpc) is 2.51. The Hall–Kier alpha value is -2.24. The summed E-state index contributed by atoms with van der Waals surface area (Å²) in [6.07, 6.45) is 0. The summed E-state index contributed by atoms with van der Waals surface area (Å²) in [5.74, 6) is 0. The number of ether oxygens (including phenoxy) is 1. The van der Waals surface area contributed by atoms with Gasteiger partial charge in [-0.1, -0.05) is 30.3 Å². The van der Waals surface area contributed by atoms with Crippen LogP contribution in [0.5, 0.6) is 0 Å². The number of hydrazine groups is 1. The first-order chi connectivity index (χ1) is 9.27. The Morgan fingerprint density at radius 3 is 2.47 bits per heavy atom. The van der Waals surface area contributed by atoms with E-state index in [1.807, 2.05) is 12.1 Å². The third-order valence-corrected chi connectivity index (χ3v) is 3.08. The fourth-order valence-corrected chi connectivity index (χ4v) is 2.11. The highest BCUT2D eigenvalue weighted by Crippen LogP contribution is 2.28. The molecule has 2 aromatic rings. The van der Waals surface area contributed by atoms with Gasteiger partial charge >= 0.3 is 0 Å². The quantitative estimate of drug-likeness (QED) is 0.680. The van der Waals surface area contributed by atoms with Gasteiger partial charge in [0.2, 0.25) is 0 Å². The van der Waals surface area contributed by atoms with Crippen molar-refractivity contribution in [2.24, 2.45) is 0 Å². The van der Waals surface area contributed by atoms with E-state index in [-0.39, 0.29) is 0 Å². The molecule has 0 N–H and O–H groups in total. The standard InChI is InChI=1S/C14H12N2O3/c17-15-13-7-3-1-5-11(13)9-19-10-12-6-2-4-8-14(12)16(15)18/h1-8H,9-10H2. The summed E-state index contributed by atoms with van der Waals surface area (Å²) in [5.41, 5.74) is 2.03. The van der Waals surface area contributed by atoms with E-state index in [1.165, 1.54) is 0 Å². The average molecular weight is 256 g/mol. The number of benzene rings is 2. The minimum absolute atomic E-state index is 0.303. The van der Waals surface area contributed by atoms with Crippen molar-refractivity contribution in [1.29, 1.82) is 0 Å². The highest BCUT2D eigenvalue weighted by molar-refractivity contribution is 5.53. The first kappa shape index (κ1) is 11.8. The van der Waals surface area contributed by atoms with Gasteiger partial charge in [0, 0.05) is 11.6 Å². The van der Waals surface area contributed by atoms with Crippen LogP contribution in [0.3, 0.4) is 0 Å². The zero-order valence-electron chi connectivity index (χ0n) is 10.2. The van der Waals surface area contributed by atoms with Crippen LogP contribution < -0.4 is 5.17 Å². The second kappa shape index (κ2) is 4.79. The molecule has 96 valence electrons. The van der Waals surface area contributed by atoms with E-state index in [0.717, 1.165) is 0 Å². The van der Waals surface area contributed by atoms with Crippen molar-refractivity contribution < 1.29 is 9.61 Å². The van der Waals surface area contributed by atoms with Crippen molar-refractivity contribution >= 4 is 11.4 Å². The number of hydrogen-bond acceptors (Lipinski definition) is 3. The van der Waals surface area contributed by atoms with Gasteiger partial charge in [-0.25, -0.2) is 0 Å². The molecule has 0 spiro atoms. The molecule has 0 amide bonds. The van der Waals surface area contributed by atoms with E-state index in [9.17, 15) is 10.1 Å². The molecule has 0 aromatic heterocycles. The Morgan fingerprint density at radius 1 is 1.00 bits per heavy atom. The van der Waals surface area contributed by atoms with Crippen LogP contribution in [-0.2, 0) is 18.0 Å². The van der Waals surface area contributed by atoms with E-state index in [2.05, 4.69) is 0 Å². The van der Waals surface area contributed by atoms with Crippen LogP contribution in [-0.4, -0.2) is 4.87 Å². The lowest BCUT2D eigenvalue weighted by Gasteiger charge is -2.20. The number of fused-ring (bicyclic) bond motifs is 2. The molecule has 1 aliphatic heterocycles. The first-order valence-electron chi connectivity index (χ1n) is 5.95. The smallest absolute Gasteiger partial charge is 0.297 e. The summed E-state index contributed by atoms with van der Waals surface area (Å²) in [4.78, 5) is 12.5. The van der Waals surface area contributed by atoms with Crippen molar-refractivity contribution in [1.82, 2.24) is 0 Å². The maximum absolute atomic E-state index is 12.2. The number of rotatable bonds is 0. The Balaban J connectivity index is 2.11. The first-order valence-corrected chi connectivity index (χ1v) is 5.95. The molecule has 0 bridgehead atoms. The Morgan fingerprint density at radius 2 is 1.63 bits per heavy atom. The predicted molar refractivity (Wildman–Crippen MR) is 70.5 cm³/mol. The summed E-state index contributed by atoms with van der Waals surface area (Å²) in [6.45, 7) is 0.605. The molecule has 3 rings (SSSR count). The van der Waals surface area contributed by atoms with Crippen LogP contribution in [0.25, 0.3) is 0 Å². The number of anilines is 1. The Kier molecular flexibility index (Phi) is 2.98. The maximum atomic E-state index is 12.2. The second-order valence-corrected chi connectivity index (χ2v) is 4.30. The monoisotopic (exact) mass is 256 g/mol. The van der Waals surface area contributed by atoms with Gasteiger partial charge in [0.15, 0.2) is 4.87 Å². The lowest BCUT2D eigenvalue weighted by Crippen LogP contribution is -2.24. The molecule has 0 unspecified atom stereocenters. The van der Waals surface area contributed by atoms with Crippen LogP contribution in [0.1, 0.15) is 11.1 Å². The van der Waals surface area contributed by atoms with E-state index in [1.54, 1.807) is 36.4 Å². The molecule has 5 heteroatoms. The van der Waals surface area contributed by atoms with Gasteiger partial charge in [0.25, 0.3) is 5.69 Å². The largest absolute Gasteiger partial charge is 0.699 e. The van der Waals surface area contributed by atoms with Crippen LogP contribution in [0.15, 0.2) is 48.5 Å². The van der Waals surface area contributed by atoms with Gasteiger partial charge < -0.3 is 9.94 Å². The van der Waals surface area contributed by atoms with Crippen molar-refractivity contribution in [2.45, 2.75) is 13.2 Å². The van der Waals surface area contributed by atoms with Crippen LogP contribution in [0, 0.1) is 10.1 Å². The molecule has 0 radical (unpaired) electrons. The molecule has 0 saturated carbocycles. The molecule has 19 heavy (non-hydrogen) atoms. The van der Waals surface area contributed by atoms with Gasteiger partial charge in [0.05, 0.1) is 29.4 Å². The maximum Gasteiger partial charge on any atom is 0.297 e. The van der Waals surface area contributed by atoms with Crippen molar-refractivity contribution in [3.63, 3.8) is 0 Å². The van der Waals surface area contributed by atoms with Crippen molar-refractivity contribution in [3.8, 4) is 0 Å². The van der Waals surface area contributed by atoms with E-state index < -0.39 is 0 Å². The molecule has 0 fully saturated rings. The number of nitrogens with zero attached hydrogens (tertiary/aromatic N) is 2. The van der Waals surface area contributed by atoms with Crippen molar-refractivity contribution in [3.05, 3.63) is 69.8 Å². The van der Waals surface area contributed by atoms with E-state index in [0.29, 0.717) is 45.8 Å². The third-order valence-electron chi connectivity index (χ3n) is 3.08. The SMILES string of the molecule is O=[N+]1c2ccccc2COCc2ccccc2N1[O-]. The normalized spacial score (nSPS) is 15.0. The molecule has 0 atom stereocenters. The van der Waals surface area contributed by atoms with Gasteiger partial charge in [-0.3, -0.25) is 0 Å². The Labute approximate surface area is 110 Å². The second-order valence-electron chi connectivity index (χ2n) is 4.30. The summed E-state index contributed by atoms with van der Waals surface area (Å²) in [6, 6.07) is 13.9. The summed E-state index contributed by atoms with van der Waals surface area (Å²) >= 11 is 0.